The smallest absolute Gasteiger partial charge is 0.293 e. The van der Waals surface area contributed by atoms with Gasteiger partial charge in [0, 0.05) is 57.8 Å². The summed E-state index contributed by atoms with van der Waals surface area (Å²) < 4.78 is 5.85. The van der Waals surface area contributed by atoms with Crippen LogP contribution >= 0.6 is 0 Å². The van der Waals surface area contributed by atoms with Crippen molar-refractivity contribution >= 4 is 23.2 Å². The third-order valence-electron chi connectivity index (χ3n) is 6.62. The number of rotatable bonds is 6. The summed E-state index contributed by atoms with van der Waals surface area (Å²) in [5.41, 5.74) is 0.742. The van der Waals surface area contributed by atoms with Gasteiger partial charge in [-0.1, -0.05) is 18.2 Å². The molecule has 0 unspecified atom stereocenters. The lowest BCUT2D eigenvalue weighted by atomic mass is 9.97. The minimum absolute atomic E-state index is 0.00509. The molecule has 2 aliphatic rings. The van der Waals surface area contributed by atoms with E-state index in [1.807, 2.05) is 35.2 Å². The summed E-state index contributed by atoms with van der Waals surface area (Å²) in [5.74, 6) is 1.04. The molecule has 2 heterocycles. The molecule has 2 saturated heterocycles. The number of hydrogen-bond acceptors (Lipinski definition) is 6. The first-order valence-electron chi connectivity index (χ1n) is 11.7. The van der Waals surface area contributed by atoms with Crippen molar-refractivity contribution in [3.05, 3.63) is 64.2 Å². The van der Waals surface area contributed by atoms with Crippen molar-refractivity contribution in [1.29, 1.82) is 0 Å². The van der Waals surface area contributed by atoms with Gasteiger partial charge >= 0.3 is 0 Å². The molecule has 2 aliphatic heterocycles. The molecule has 0 saturated carbocycles. The maximum atomic E-state index is 13.1. The Kier molecular flexibility index (Phi) is 7.30. The van der Waals surface area contributed by atoms with E-state index in [0.29, 0.717) is 63.0 Å². The predicted octanol–water partition coefficient (Wildman–Crippen LogP) is 3.19. The van der Waals surface area contributed by atoms with E-state index >= 15 is 0 Å². The number of piperidine rings is 1. The first-order valence-corrected chi connectivity index (χ1v) is 11.7. The monoisotopic (exact) mass is 466 g/mol. The number of carbonyl (C=O) groups excluding carboxylic acids is 2. The Morgan fingerprint density at radius 3 is 2.26 bits per heavy atom. The number of likely N-dealkylation sites (tertiary alicyclic amines) is 1. The first-order chi connectivity index (χ1) is 16.4. The Morgan fingerprint density at radius 2 is 1.65 bits per heavy atom. The van der Waals surface area contributed by atoms with Crippen LogP contribution in [0.4, 0.5) is 11.4 Å². The summed E-state index contributed by atoms with van der Waals surface area (Å²) in [7, 11) is 0. The van der Waals surface area contributed by atoms with Crippen molar-refractivity contribution in [2.45, 2.75) is 19.8 Å². The molecule has 0 radical (unpaired) electrons. The van der Waals surface area contributed by atoms with E-state index in [-0.39, 0.29) is 17.5 Å². The molecule has 0 N–H and O–H groups in total. The lowest BCUT2D eigenvalue weighted by molar-refractivity contribution is -0.384. The molecule has 2 fully saturated rings. The van der Waals surface area contributed by atoms with Gasteiger partial charge in [-0.2, -0.15) is 0 Å². The average molecular weight is 467 g/mol. The van der Waals surface area contributed by atoms with E-state index in [1.54, 1.807) is 21.9 Å². The second-order valence-electron chi connectivity index (χ2n) is 8.81. The van der Waals surface area contributed by atoms with Crippen molar-refractivity contribution in [1.82, 2.24) is 9.80 Å². The molecule has 0 spiro atoms. The molecule has 180 valence electrons. The van der Waals surface area contributed by atoms with Crippen LogP contribution < -0.4 is 9.64 Å². The fourth-order valence-corrected chi connectivity index (χ4v) is 4.55. The topological polar surface area (TPSA) is 96.2 Å². The molecule has 34 heavy (non-hydrogen) atoms. The van der Waals surface area contributed by atoms with E-state index in [2.05, 4.69) is 0 Å². The van der Waals surface area contributed by atoms with Gasteiger partial charge < -0.3 is 19.4 Å². The Labute approximate surface area is 199 Å². The van der Waals surface area contributed by atoms with Crippen LogP contribution in [0, 0.1) is 16.0 Å². The number of nitro benzene ring substituents is 1. The molecular weight excluding hydrogens is 436 g/mol. The number of ether oxygens (including phenoxy) is 1. The largest absolute Gasteiger partial charge is 0.493 e. The van der Waals surface area contributed by atoms with Crippen LogP contribution in [0.5, 0.6) is 5.75 Å². The Bertz CT molecular complexity index is 1030. The molecule has 0 bridgehead atoms. The minimum Gasteiger partial charge on any atom is -0.493 e. The summed E-state index contributed by atoms with van der Waals surface area (Å²) in [6.07, 6.45) is 1.67. The summed E-state index contributed by atoms with van der Waals surface area (Å²) in [6.45, 7) is 5.43. The number of nitrogens with zero attached hydrogens (tertiary/aromatic N) is 4. The van der Waals surface area contributed by atoms with E-state index < -0.39 is 4.92 Å². The highest BCUT2D eigenvalue weighted by Crippen LogP contribution is 2.31. The van der Waals surface area contributed by atoms with Gasteiger partial charge in [-0.15, -0.1) is 0 Å². The molecule has 0 aliphatic carbocycles. The van der Waals surface area contributed by atoms with Gasteiger partial charge in [-0.25, -0.2) is 0 Å². The lowest BCUT2D eigenvalue weighted by Gasteiger charge is -2.35. The van der Waals surface area contributed by atoms with Crippen molar-refractivity contribution in [2.75, 3.05) is 50.8 Å². The zero-order chi connectivity index (χ0) is 24.1. The SMILES string of the molecule is CC(=O)N1CCN(c2ccc(C(=O)N3CCC(COc4ccccc4)CC3)cc2[N+](=O)[O-])CC1. The molecule has 2 amide bonds. The summed E-state index contributed by atoms with van der Waals surface area (Å²) in [5, 5.41) is 11.8. The van der Waals surface area contributed by atoms with Crippen LogP contribution in [-0.4, -0.2) is 72.4 Å². The zero-order valence-electron chi connectivity index (χ0n) is 19.4. The number of anilines is 1. The summed E-state index contributed by atoms with van der Waals surface area (Å²) in [4.78, 5) is 41.4. The molecular formula is C25H30N4O5. The van der Waals surface area contributed by atoms with Crippen molar-refractivity contribution < 1.29 is 19.2 Å². The number of carbonyl (C=O) groups is 2. The molecule has 2 aromatic carbocycles. The van der Waals surface area contributed by atoms with Gasteiger partial charge in [-0.3, -0.25) is 19.7 Å². The van der Waals surface area contributed by atoms with E-state index in [9.17, 15) is 19.7 Å². The van der Waals surface area contributed by atoms with Crippen LogP contribution in [0.3, 0.4) is 0 Å². The number of nitro groups is 1. The normalized spacial score (nSPS) is 16.9. The molecule has 9 heteroatoms. The highest BCUT2D eigenvalue weighted by molar-refractivity contribution is 5.96. The summed E-state index contributed by atoms with van der Waals surface area (Å²) >= 11 is 0. The molecule has 4 rings (SSSR count). The fourth-order valence-electron chi connectivity index (χ4n) is 4.55. The average Bonchev–Trinajstić information content (AvgIpc) is 2.87. The second kappa shape index (κ2) is 10.5. The highest BCUT2D eigenvalue weighted by atomic mass is 16.6. The van der Waals surface area contributed by atoms with Crippen LogP contribution in [0.2, 0.25) is 0 Å². The number of benzene rings is 2. The lowest BCUT2D eigenvalue weighted by Crippen LogP contribution is -2.48. The number of piperazine rings is 1. The van der Waals surface area contributed by atoms with Gasteiger partial charge in [-0.05, 0) is 43.0 Å². The molecule has 0 atom stereocenters. The summed E-state index contributed by atoms with van der Waals surface area (Å²) in [6, 6.07) is 14.4. The standard InChI is InChI=1S/C25H30N4O5/c1-19(30)26-13-15-27(16-14-26)23-8-7-21(17-24(23)29(32)33)25(31)28-11-9-20(10-12-28)18-34-22-5-3-2-4-6-22/h2-8,17,20H,9-16,18H2,1H3. The number of para-hydroxylation sites is 1. The van der Waals surface area contributed by atoms with Gasteiger partial charge in [0.05, 0.1) is 11.5 Å². The van der Waals surface area contributed by atoms with Gasteiger partial charge in [0.1, 0.15) is 11.4 Å². The van der Waals surface area contributed by atoms with Crippen molar-refractivity contribution in [2.24, 2.45) is 5.92 Å². The Morgan fingerprint density at radius 1 is 0.971 bits per heavy atom. The number of hydrogen-bond donors (Lipinski definition) is 0. The predicted molar refractivity (Wildman–Crippen MR) is 128 cm³/mol. The fraction of sp³-hybridized carbons (Fsp3) is 0.440. The van der Waals surface area contributed by atoms with Crippen LogP contribution in [0.25, 0.3) is 0 Å². The number of amides is 2. The van der Waals surface area contributed by atoms with E-state index in [4.69, 9.17) is 4.74 Å². The van der Waals surface area contributed by atoms with Crippen molar-refractivity contribution in [3.63, 3.8) is 0 Å². The maximum absolute atomic E-state index is 13.1. The minimum atomic E-state index is -0.434. The second-order valence-corrected chi connectivity index (χ2v) is 8.81. The van der Waals surface area contributed by atoms with Gasteiger partial charge in [0.15, 0.2) is 0 Å². The maximum Gasteiger partial charge on any atom is 0.293 e. The van der Waals surface area contributed by atoms with Crippen LogP contribution in [0.1, 0.15) is 30.1 Å². The van der Waals surface area contributed by atoms with Crippen molar-refractivity contribution in [3.8, 4) is 5.75 Å². The molecule has 0 aromatic heterocycles. The van der Waals surface area contributed by atoms with Crippen LogP contribution in [0.15, 0.2) is 48.5 Å². The Balaban J connectivity index is 1.36. The van der Waals surface area contributed by atoms with E-state index in [0.717, 1.165) is 18.6 Å². The van der Waals surface area contributed by atoms with E-state index in [1.165, 1.54) is 13.0 Å². The quantitative estimate of drug-likeness (QED) is 0.479. The zero-order valence-corrected chi connectivity index (χ0v) is 19.4. The van der Waals surface area contributed by atoms with Gasteiger partial charge in [0.2, 0.25) is 5.91 Å². The molecule has 2 aromatic rings. The Hall–Kier alpha value is -3.62. The molecule has 9 nitrogen and oxygen atoms in total. The third kappa shape index (κ3) is 5.47. The third-order valence-corrected chi connectivity index (χ3v) is 6.62. The van der Waals surface area contributed by atoms with Gasteiger partial charge in [0.25, 0.3) is 11.6 Å². The highest BCUT2D eigenvalue weighted by Gasteiger charge is 2.28. The van der Waals surface area contributed by atoms with Crippen LogP contribution in [-0.2, 0) is 4.79 Å². The first kappa shape index (κ1) is 23.5.